The number of carbonyl (C=O) groups excluding carboxylic acids is 1. The van der Waals surface area contributed by atoms with Gasteiger partial charge in [-0.1, -0.05) is 24.3 Å². The number of rotatable bonds is 4. The number of hydrogen-bond acceptors (Lipinski definition) is 3. The number of fused-ring (bicyclic) bond motifs is 1. The van der Waals surface area contributed by atoms with Gasteiger partial charge in [0.1, 0.15) is 5.69 Å². The summed E-state index contributed by atoms with van der Waals surface area (Å²) in [6, 6.07) is 9.61. The van der Waals surface area contributed by atoms with Gasteiger partial charge in [-0.15, -0.1) is 0 Å². The summed E-state index contributed by atoms with van der Waals surface area (Å²) < 4.78 is 0. The lowest BCUT2D eigenvalue weighted by Crippen LogP contribution is -2.35. The van der Waals surface area contributed by atoms with Crippen molar-refractivity contribution in [2.24, 2.45) is 5.92 Å². The van der Waals surface area contributed by atoms with Crippen LogP contribution < -0.4 is 0 Å². The smallest absolute Gasteiger partial charge is 0.272 e. The molecule has 1 fully saturated rings. The summed E-state index contributed by atoms with van der Waals surface area (Å²) in [6.45, 7) is 0.369. The van der Waals surface area contributed by atoms with Gasteiger partial charge in [0.25, 0.3) is 5.91 Å². The van der Waals surface area contributed by atoms with Crippen LogP contribution in [0.15, 0.2) is 36.5 Å². The van der Waals surface area contributed by atoms with E-state index in [-0.39, 0.29) is 5.91 Å². The molecule has 1 amide bonds. The largest absolute Gasteiger partial charge is 0.391 e. The fraction of sp³-hybridized carbons (Fsp3) is 0.375. The van der Waals surface area contributed by atoms with Crippen molar-refractivity contribution >= 4 is 16.7 Å². The van der Waals surface area contributed by atoms with E-state index in [9.17, 15) is 9.90 Å². The molecular weight excluding hydrogens is 252 g/mol. The van der Waals surface area contributed by atoms with E-state index in [0.717, 1.165) is 23.6 Å². The van der Waals surface area contributed by atoms with Crippen molar-refractivity contribution in [1.29, 1.82) is 0 Å². The van der Waals surface area contributed by atoms with Crippen molar-refractivity contribution in [2.45, 2.75) is 18.9 Å². The number of amides is 1. The van der Waals surface area contributed by atoms with Crippen molar-refractivity contribution in [3.8, 4) is 0 Å². The van der Waals surface area contributed by atoms with Crippen LogP contribution in [0.1, 0.15) is 23.3 Å². The highest BCUT2D eigenvalue weighted by Crippen LogP contribution is 2.32. The fourth-order valence-electron chi connectivity index (χ4n) is 2.46. The summed E-state index contributed by atoms with van der Waals surface area (Å²) in [5.74, 6) is 0.229. The zero-order valence-corrected chi connectivity index (χ0v) is 11.5. The SMILES string of the molecule is CN(CC(O)C1CC1)C(=O)c1nccc2ccccc12. The first-order valence-corrected chi connectivity index (χ1v) is 6.94. The van der Waals surface area contributed by atoms with Crippen LogP contribution in [0, 0.1) is 5.92 Å². The topological polar surface area (TPSA) is 53.4 Å². The minimum atomic E-state index is -0.418. The van der Waals surface area contributed by atoms with Crippen molar-refractivity contribution in [3.05, 3.63) is 42.2 Å². The molecule has 1 aliphatic carbocycles. The third-order valence-electron chi connectivity index (χ3n) is 3.85. The molecule has 1 N–H and O–H groups in total. The van der Waals surface area contributed by atoms with E-state index in [2.05, 4.69) is 4.98 Å². The first kappa shape index (κ1) is 13.1. The maximum Gasteiger partial charge on any atom is 0.272 e. The van der Waals surface area contributed by atoms with Gasteiger partial charge in [-0.25, -0.2) is 0 Å². The van der Waals surface area contributed by atoms with Crippen molar-refractivity contribution in [2.75, 3.05) is 13.6 Å². The molecule has 1 atom stereocenters. The first-order chi connectivity index (χ1) is 9.66. The van der Waals surface area contributed by atoms with Crippen LogP contribution in [-0.2, 0) is 0 Å². The second-order valence-electron chi connectivity index (χ2n) is 5.47. The molecule has 1 heterocycles. The van der Waals surface area contributed by atoms with Crippen LogP contribution in [0.5, 0.6) is 0 Å². The fourth-order valence-corrected chi connectivity index (χ4v) is 2.46. The number of pyridine rings is 1. The maximum absolute atomic E-state index is 12.5. The Bertz CT molecular complexity index is 632. The molecule has 1 aliphatic rings. The molecule has 20 heavy (non-hydrogen) atoms. The van der Waals surface area contributed by atoms with Crippen LogP contribution in [0.3, 0.4) is 0 Å². The van der Waals surface area contributed by atoms with Crippen LogP contribution in [-0.4, -0.2) is 40.6 Å². The van der Waals surface area contributed by atoms with E-state index >= 15 is 0 Å². The molecule has 1 aromatic heterocycles. The molecule has 0 spiro atoms. The molecule has 1 aromatic carbocycles. The molecule has 104 valence electrons. The van der Waals surface area contributed by atoms with Gasteiger partial charge in [0, 0.05) is 25.2 Å². The number of likely N-dealkylation sites (N-methyl/N-ethyl adjacent to an activating group) is 1. The summed E-state index contributed by atoms with van der Waals surface area (Å²) in [7, 11) is 1.72. The highest BCUT2D eigenvalue weighted by Gasteiger charge is 2.31. The van der Waals surface area contributed by atoms with Crippen molar-refractivity contribution in [1.82, 2.24) is 9.88 Å². The monoisotopic (exact) mass is 270 g/mol. The molecule has 0 aliphatic heterocycles. The van der Waals surface area contributed by atoms with Crippen LogP contribution in [0.25, 0.3) is 10.8 Å². The predicted octanol–water partition coefficient (Wildman–Crippen LogP) is 2.08. The Labute approximate surface area is 118 Å². The number of aliphatic hydroxyl groups excluding tert-OH is 1. The Kier molecular flexibility index (Phi) is 3.40. The molecule has 3 rings (SSSR count). The molecule has 0 radical (unpaired) electrons. The summed E-state index contributed by atoms with van der Waals surface area (Å²) in [5, 5.41) is 11.8. The minimum Gasteiger partial charge on any atom is -0.391 e. The number of nitrogens with zero attached hydrogens (tertiary/aromatic N) is 2. The lowest BCUT2D eigenvalue weighted by molar-refractivity contribution is 0.0642. The summed E-state index contributed by atoms with van der Waals surface area (Å²) in [5.41, 5.74) is 0.452. The zero-order valence-electron chi connectivity index (χ0n) is 11.5. The normalized spacial score (nSPS) is 16.1. The van der Waals surface area contributed by atoms with E-state index in [1.165, 1.54) is 0 Å². The van der Waals surface area contributed by atoms with Gasteiger partial charge >= 0.3 is 0 Å². The Balaban J connectivity index is 1.84. The van der Waals surface area contributed by atoms with E-state index in [0.29, 0.717) is 18.2 Å². The first-order valence-electron chi connectivity index (χ1n) is 6.94. The number of hydrogen-bond donors (Lipinski definition) is 1. The molecule has 0 bridgehead atoms. The van der Waals surface area contributed by atoms with Crippen LogP contribution >= 0.6 is 0 Å². The molecule has 0 saturated heterocycles. The Hall–Kier alpha value is -1.94. The Morgan fingerprint density at radius 2 is 2.15 bits per heavy atom. The molecular formula is C16H18N2O2. The molecule has 1 saturated carbocycles. The second-order valence-corrected chi connectivity index (χ2v) is 5.47. The highest BCUT2D eigenvalue weighted by atomic mass is 16.3. The van der Waals surface area contributed by atoms with Crippen molar-refractivity contribution < 1.29 is 9.90 Å². The van der Waals surface area contributed by atoms with Gasteiger partial charge in [0.05, 0.1) is 6.10 Å². The summed E-state index contributed by atoms with van der Waals surface area (Å²) in [6.07, 6.45) is 3.37. The van der Waals surface area contributed by atoms with Crippen LogP contribution in [0.2, 0.25) is 0 Å². The number of benzene rings is 1. The van der Waals surface area contributed by atoms with Gasteiger partial charge in [0.15, 0.2) is 0 Å². The summed E-state index contributed by atoms with van der Waals surface area (Å²) >= 11 is 0. The third kappa shape index (κ3) is 2.51. The quantitative estimate of drug-likeness (QED) is 0.925. The van der Waals surface area contributed by atoms with Gasteiger partial charge in [-0.05, 0) is 30.2 Å². The number of carbonyl (C=O) groups is 1. The Morgan fingerprint density at radius 3 is 2.90 bits per heavy atom. The van der Waals surface area contributed by atoms with Gasteiger partial charge < -0.3 is 10.0 Å². The number of aromatic nitrogens is 1. The van der Waals surface area contributed by atoms with E-state index in [1.807, 2.05) is 30.3 Å². The Morgan fingerprint density at radius 1 is 1.40 bits per heavy atom. The predicted molar refractivity (Wildman–Crippen MR) is 77.4 cm³/mol. The highest BCUT2D eigenvalue weighted by molar-refractivity contribution is 6.05. The lowest BCUT2D eigenvalue weighted by atomic mass is 10.1. The van der Waals surface area contributed by atoms with Gasteiger partial charge in [0.2, 0.25) is 0 Å². The van der Waals surface area contributed by atoms with Crippen molar-refractivity contribution in [3.63, 3.8) is 0 Å². The molecule has 4 heteroatoms. The maximum atomic E-state index is 12.5. The van der Waals surface area contributed by atoms with Gasteiger partial charge in [-0.2, -0.15) is 0 Å². The van der Waals surface area contributed by atoms with Gasteiger partial charge in [-0.3, -0.25) is 9.78 Å². The second kappa shape index (κ2) is 5.21. The molecule has 4 nitrogen and oxygen atoms in total. The van der Waals surface area contributed by atoms with E-state index < -0.39 is 6.10 Å². The zero-order chi connectivity index (χ0) is 14.1. The average Bonchev–Trinajstić information content (AvgIpc) is 3.30. The van der Waals surface area contributed by atoms with E-state index in [4.69, 9.17) is 0 Å². The summed E-state index contributed by atoms with van der Waals surface area (Å²) in [4.78, 5) is 18.3. The van der Waals surface area contributed by atoms with Crippen LogP contribution in [0.4, 0.5) is 0 Å². The van der Waals surface area contributed by atoms with E-state index in [1.54, 1.807) is 18.1 Å². The minimum absolute atomic E-state index is 0.137. The third-order valence-corrected chi connectivity index (χ3v) is 3.85. The average molecular weight is 270 g/mol. The molecule has 1 unspecified atom stereocenters. The lowest BCUT2D eigenvalue weighted by Gasteiger charge is -2.20. The molecule has 2 aromatic rings. The number of aliphatic hydroxyl groups is 1. The standard InChI is InChI=1S/C16H18N2O2/c1-18(10-14(19)12-6-7-12)16(20)15-13-5-3-2-4-11(13)8-9-17-15/h2-5,8-9,12,14,19H,6-7,10H2,1H3.